The summed E-state index contributed by atoms with van der Waals surface area (Å²) in [6.07, 6.45) is 8.68. The van der Waals surface area contributed by atoms with E-state index < -0.39 is 5.60 Å². The summed E-state index contributed by atoms with van der Waals surface area (Å²) in [5.74, 6) is 1.00. The van der Waals surface area contributed by atoms with E-state index in [4.69, 9.17) is 14.2 Å². The lowest BCUT2D eigenvalue weighted by Gasteiger charge is -2.70. The quantitative estimate of drug-likeness (QED) is 0.379. The highest BCUT2D eigenvalue weighted by Gasteiger charge is 2.72. The van der Waals surface area contributed by atoms with Crippen molar-refractivity contribution in [1.82, 2.24) is 0 Å². The van der Waals surface area contributed by atoms with Gasteiger partial charge in [0.2, 0.25) is 0 Å². The molecular formula is C34H56O6. The molecule has 1 heterocycles. The van der Waals surface area contributed by atoms with E-state index in [2.05, 4.69) is 41.5 Å². The van der Waals surface area contributed by atoms with Crippen LogP contribution in [0.1, 0.15) is 127 Å². The van der Waals surface area contributed by atoms with Gasteiger partial charge in [-0.2, -0.15) is 0 Å². The fourth-order valence-corrected chi connectivity index (χ4v) is 11.8. The summed E-state index contributed by atoms with van der Waals surface area (Å²) in [7, 11) is 0. The SMILES string of the molecule is CC(=O)OC1CC2[C@@]3(C)CC[C@@H](OC(C)=O)C(C)(C)C3CC[C@@]2(C)[C@]2(C)CC[C@H]([C@]3(C)CC[C@H](C(C)(C)O)O3)C12. The Balaban J connectivity index is 1.52. The van der Waals surface area contributed by atoms with Crippen LogP contribution in [-0.2, 0) is 23.8 Å². The van der Waals surface area contributed by atoms with E-state index in [0.29, 0.717) is 11.8 Å². The predicted octanol–water partition coefficient (Wildman–Crippen LogP) is 6.85. The maximum atomic E-state index is 12.6. The first-order chi connectivity index (χ1) is 18.3. The van der Waals surface area contributed by atoms with Gasteiger partial charge in [0.25, 0.3) is 0 Å². The molecule has 4 aliphatic carbocycles. The molecule has 5 rings (SSSR count). The van der Waals surface area contributed by atoms with E-state index in [1.165, 1.54) is 6.92 Å². The van der Waals surface area contributed by atoms with E-state index in [0.717, 1.165) is 57.8 Å². The fraction of sp³-hybridized carbons (Fsp3) is 0.941. The van der Waals surface area contributed by atoms with Gasteiger partial charge in [0, 0.05) is 25.2 Å². The van der Waals surface area contributed by atoms with Crippen molar-refractivity contribution in [3.8, 4) is 0 Å². The van der Waals surface area contributed by atoms with E-state index in [1.807, 2.05) is 13.8 Å². The van der Waals surface area contributed by atoms with E-state index in [9.17, 15) is 14.7 Å². The molecule has 0 bridgehead atoms. The van der Waals surface area contributed by atoms with E-state index in [1.54, 1.807) is 6.92 Å². The summed E-state index contributed by atoms with van der Waals surface area (Å²) in [4.78, 5) is 24.6. The zero-order chi connectivity index (χ0) is 29.7. The number of carbonyl (C=O) groups excluding carboxylic acids is 2. The minimum absolute atomic E-state index is 0.0186. The van der Waals surface area contributed by atoms with Gasteiger partial charge in [-0.3, -0.25) is 9.59 Å². The lowest BCUT2D eigenvalue weighted by atomic mass is 9.35. The third-order valence-electron chi connectivity index (χ3n) is 13.8. The lowest BCUT2D eigenvalue weighted by molar-refractivity contribution is -0.254. The van der Waals surface area contributed by atoms with Crippen LogP contribution in [-0.4, -0.2) is 46.6 Å². The van der Waals surface area contributed by atoms with Gasteiger partial charge in [-0.25, -0.2) is 0 Å². The molecule has 11 atom stereocenters. The normalized spacial score (nSPS) is 49.9. The number of carbonyl (C=O) groups is 2. The van der Waals surface area contributed by atoms with Crippen LogP contribution < -0.4 is 0 Å². The summed E-state index contributed by atoms with van der Waals surface area (Å²) in [6, 6.07) is 0. The standard InChI is InChI=1S/C34H56O6/c1-20(35)38-23-19-25-31(7)15-13-26(39-21(2)36)29(3,4)24(31)12-17-32(25,8)33(9)16-11-22(28(23)33)34(10)18-14-27(40-34)30(5,6)37/h22-28,37H,11-19H2,1-10H3/t22-,23?,24?,25?,26+,27+,28?,31-,32+,33+,34-/m0/s1. The summed E-state index contributed by atoms with van der Waals surface area (Å²) >= 11 is 0. The molecule has 4 unspecified atom stereocenters. The minimum atomic E-state index is -0.872. The summed E-state index contributed by atoms with van der Waals surface area (Å²) in [6.45, 7) is 21.2. The molecule has 0 amide bonds. The number of esters is 2. The maximum Gasteiger partial charge on any atom is 0.302 e. The first kappa shape index (κ1) is 30.3. The molecule has 40 heavy (non-hydrogen) atoms. The molecule has 1 saturated heterocycles. The Morgan fingerprint density at radius 2 is 1.43 bits per heavy atom. The van der Waals surface area contributed by atoms with Crippen molar-refractivity contribution in [3.05, 3.63) is 0 Å². The molecule has 1 aliphatic heterocycles. The Hall–Kier alpha value is -1.14. The third kappa shape index (κ3) is 4.31. The van der Waals surface area contributed by atoms with Crippen LogP contribution in [0.4, 0.5) is 0 Å². The van der Waals surface area contributed by atoms with Crippen molar-refractivity contribution in [2.24, 2.45) is 45.3 Å². The van der Waals surface area contributed by atoms with Gasteiger partial charge in [0.05, 0.1) is 17.3 Å². The average Bonchev–Trinajstić information content (AvgIpc) is 3.39. The molecule has 0 radical (unpaired) electrons. The summed E-state index contributed by atoms with van der Waals surface area (Å²) in [5, 5.41) is 10.8. The highest BCUT2D eigenvalue weighted by molar-refractivity contribution is 5.66. The molecule has 5 aliphatic rings. The highest BCUT2D eigenvalue weighted by Crippen LogP contribution is 2.76. The molecule has 6 heteroatoms. The molecule has 4 saturated carbocycles. The molecule has 5 fully saturated rings. The third-order valence-corrected chi connectivity index (χ3v) is 13.8. The number of rotatable bonds is 4. The van der Waals surface area contributed by atoms with Crippen molar-refractivity contribution in [2.75, 3.05) is 0 Å². The molecule has 228 valence electrons. The maximum absolute atomic E-state index is 12.6. The number of hydrogen-bond donors (Lipinski definition) is 1. The first-order valence-electron chi connectivity index (χ1n) is 16.0. The first-order valence-corrected chi connectivity index (χ1v) is 16.0. The predicted molar refractivity (Wildman–Crippen MR) is 154 cm³/mol. The fourth-order valence-electron chi connectivity index (χ4n) is 11.8. The lowest BCUT2D eigenvalue weighted by Crippen LogP contribution is -2.67. The summed E-state index contributed by atoms with van der Waals surface area (Å²) < 4.78 is 19.0. The van der Waals surface area contributed by atoms with E-state index >= 15 is 0 Å². The Bertz CT molecular complexity index is 1030. The highest BCUT2D eigenvalue weighted by atomic mass is 16.6. The Morgan fingerprint density at radius 1 is 0.800 bits per heavy atom. The Kier molecular flexibility index (Phi) is 7.15. The van der Waals surface area contributed by atoms with Gasteiger partial charge < -0.3 is 19.3 Å². The Morgan fingerprint density at radius 3 is 2.00 bits per heavy atom. The van der Waals surface area contributed by atoms with Crippen molar-refractivity contribution in [3.63, 3.8) is 0 Å². The summed E-state index contributed by atoms with van der Waals surface area (Å²) in [5.41, 5.74) is -1.10. The van der Waals surface area contributed by atoms with Crippen molar-refractivity contribution >= 4 is 11.9 Å². The number of hydrogen-bond acceptors (Lipinski definition) is 6. The van der Waals surface area contributed by atoms with Gasteiger partial charge in [0.1, 0.15) is 12.2 Å². The molecule has 0 aromatic carbocycles. The molecule has 0 aromatic rings. The molecule has 0 aromatic heterocycles. The van der Waals surface area contributed by atoms with Crippen LogP contribution in [0.15, 0.2) is 0 Å². The number of aliphatic hydroxyl groups is 1. The smallest absolute Gasteiger partial charge is 0.302 e. The van der Waals surface area contributed by atoms with Gasteiger partial charge in [-0.05, 0) is 113 Å². The zero-order valence-electron chi connectivity index (χ0n) is 26.9. The second kappa shape index (κ2) is 9.43. The van der Waals surface area contributed by atoms with Crippen LogP contribution in [0.2, 0.25) is 0 Å². The van der Waals surface area contributed by atoms with Crippen molar-refractivity contribution in [1.29, 1.82) is 0 Å². The van der Waals surface area contributed by atoms with Crippen LogP contribution in [0.5, 0.6) is 0 Å². The van der Waals surface area contributed by atoms with Crippen LogP contribution in [0.3, 0.4) is 0 Å². The van der Waals surface area contributed by atoms with Gasteiger partial charge >= 0.3 is 11.9 Å². The van der Waals surface area contributed by atoms with Crippen molar-refractivity contribution in [2.45, 2.75) is 157 Å². The molecular weight excluding hydrogens is 504 g/mol. The monoisotopic (exact) mass is 560 g/mol. The van der Waals surface area contributed by atoms with Gasteiger partial charge in [0.15, 0.2) is 0 Å². The molecule has 6 nitrogen and oxygen atoms in total. The number of ether oxygens (including phenoxy) is 3. The molecule has 0 spiro atoms. The van der Waals surface area contributed by atoms with Crippen molar-refractivity contribution < 1.29 is 28.9 Å². The van der Waals surface area contributed by atoms with E-state index in [-0.39, 0.29) is 69.3 Å². The minimum Gasteiger partial charge on any atom is -0.462 e. The van der Waals surface area contributed by atoms with Gasteiger partial charge in [-0.15, -0.1) is 0 Å². The van der Waals surface area contributed by atoms with Crippen LogP contribution >= 0.6 is 0 Å². The van der Waals surface area contributed by atoms with Crippen LogP contribution in [0, 0.1) is 45.3 Å². The second-order valence-corrected chi connectivity index (χ2v) is 16.6. The Labute approximate surface area is 242 Å². The largest absolute Gasteiger partial charge is 0.462 e. The van der Waals surface area contributed by atoms with Crippen LogP contribution in [0.25, 0.3) is 0 Å². The topological polar surface area (TPSA) is 82.1 Å². The second-order valence-electron chi connectivity index (χ2n) is 16.6. The average molecular weight is 561 g/mol. The molecule has 1 N–H and O–H groups in total. The zero-order valence-corrected chi connectivity index (χ0v) is 26.9. The number of fused-ring (bicyclic) bond motifs is 5. The van der Waals surface area contributed by atoms with Gasteiger partial charge in [-0.1, -0.05) is 34.6 Å².